The third kappa shape index (κ3) is 2.46. The molecule has 0 aliphatic rings. The number of anilines is 1. The third-order valence-electron chi connectivity index (χ3n) is 3.49. The van der Waals surface area contributed by atoms with Gasteiger partial charge in [-0.2, -0.15) is 0 Å². The SMILES string of the molecule is CC(c1ccc(Cl)cc1Cl)n1c(N)nc2cccc(Cl)c21. The average Bonchev–Trinajstić information content (AvgIpc) is 2.75. The fraction of sp³-hybridized carbons (Fsp3) is 0.133. The molecule has 1 unspecified atom stereocenters. The van der Waals surface area contributed by atoms with Crippen LogP contribution in [-0.4, -0.2) is 9.55 Å². The number of halogens is 3. The Kier molecular flexibility index (Phi) is 3.74. The minimum absolute atomic E-state index is 0.111. The van der Waals surface area contributed by atoms with Crippen molar-refractivity contribution in [1.29, 1.82) is 0 Å². The van der Waals surface area contributed by atoms with Crippen LogP contribution in [0.4, 0.5) is 5.95 Å². The van der Waals surface area contributed by atoms with Gasteiger partial charge in [0, 0.05) is 10.0 Å². The Hall–Kier alpha value is -1.42. The van der Waals surface area contributed by atoms with Crippen molar-refractivity contribution >= 4 is 51.8 Å². The first-order valence-electron chi connectivity index (χ1n) is 6.36. The van der Waals surface area contributed by atoms with Crippen LogP contribution in [0.1, 0.15) is 18.5 Å². The molecule has 1 aromatic heterocycles. The lowest BCUT2D eigenvalue weighted by atomic mass is 10.1. The molecule has 21 heavy (non-hydrogen) atoms. The van der Waals surface area contributed by atoms with E-state index in [2.05, 4.69) is 4.98 Å². The smallest absolute Gasteiger partial charge is 0.201 e. The van der Waals surface area contributed by atoms with E-state index in [9.17, 15) is 0 Å². The maximum atomic E-state index is 6.30. The van der Waals surface area contributed by atoms with Gasteiger partial charge in [-0.25, -0.2) is 4.98 Å². The van der Waals surface area contributed by atoms with Gasteiger partial charge in [-0.3, -0.25) is 0 Å². The molecule has 0 fully saturated rings. The second-order valence-corrected chi connectivity index (χ2v) is 6.04. The molecule has 3 aromatic rings. The highest BCUT2D eigenvalue weighted by Gasteiger charge is 2.19. The van der Waals surface area contributed by atoms with Crippen molar-refractivity contribution in [2.24, 2.45) is 0 Å². The molecular formula is C15H12Cl3N3. The van der Waals surface area contributed by atoms with Gasteiger partial charge in [0.1, 0.15) is 0 Å². The summed E-state index contributed by atoms with van der Waals surface area (Å²) in [6.07, 6.45) is 0. The first kappa shape index (κ1) is 14.5. The van der Waals surface area contributed by atoms with Gasteiger partial charge < -0.3 is 10.3 Å². The van der Waals surface area contributed by atoms with E-state index < -0.39 is 0 Å². The molecule has 0 amide bonds. The number of nitrogens with two attached hydrogens (primary N) is 1. The van der Waals surface area contributed by atoms with Gasteiger partial charge in [0.2, 0.25) is 5.95 Å². The van der Waals surface area contributed by atoms with Gasteiger partial charge in [0.15, 0.2) is 0 Å². The predicted molar refractivity (Wildman–Crippen MR) is 89.4 cm³/mol. The van der Waals surface area contributed by atoms with Gasteiger partial charge >= 0.3 is 0 Å². The molecule has 3 nitrogen and oxygen atoms in total. The molecule has 2 aromatic carbocycles. The van der Waals surface area contributed by atoms with Crippen LogP contribution in [0.25, 0.3) is 11.0 Å². The number of nitrogen functional groups attached to an aromatic ring is 1. The van der Waals surface area contributed by atoms with Gasteiger partial charge in [0.05, 0.1) is 22.1 Å². The van der Waals surface area contributed by atoms with Gasteiger partial charge in [-0.1, -0.05) is 46.9 Å². The summed E-state index contributed by atoms with van der Waals surface area (Å²) in [5.74, 6) is 0.400. The Labute approximate surface area is 137 Å². The zero-order valence-electron chi connectivity index (χ0n) is 11.1. The highest BCUT2D eigenvalue weighted by atomic mass is 35.5. The van der Waals surface area contributed by atoms with E-state index in [4.69, 9.17) is 40.5 Å². The van der Waals surface area contributed by atoms with Gasteiger partial charge in [-0.05, 0) is 36.8 Å². The van der Waals surface area contributed by atoms with E-state index in [-0.39, 0.29) is 6.04 Å². The van der Waals surface area contributed by atoms with Crippen molar-refractivity contribution < 1.29 is 0 Å². The van der Waals surface area contributed by atoms with E-state index in [0.29, 0.717) is 21.0 Å². The van der Waals surface area contributed by atoms with Crippen molar-refractivity contribution in [3.63, 3.8) is 0 Å². The maximum Gasteiger partial charge on any atom is 0.201 e. The fourth-order valence-electron chi connectivity index (χ4n) is 2.50. The van der Waals surface area contributed by atoms with Crippen molar-refractivity contribution in [2.75, 3.05) is 5.73 Å². The average molecular weight is 341 g/mol. The van der Waals surface area contributed by atoms with E-state index in [1.54, 1.807) is 12.1 Å². The summed E-state index contributed by atoms with van der Waals surface area (Å²) in [6, 6.07) is 10.8. The quantitative estimate of drug-likeness (QED) is 0.698. The Morgan fingerprint density at radius 1 is 1.10 bits per heavy atom. The van der Waals surface area contributed by atoms with Crippen molar-refractivity contribution in [3.8, 4) is 0 Å². The van der Waals surface area contributed by atoms with Crippen LogP contribution in [-0.2, 0) is 0 Å². The number of fused-ring (bicyclic) bond motifs is 1. The fourth-order valence-corrected chi connectivity index (χ4v) is 3.32. The molecular weight excluding hydrogens is 329 g/mol. The Morgan fingerprint density at radius 3 is 2.57 bits per heavy atom. The minimum atomic E-state index is -0.111. The highest BCUT2D eigenvalue weighted by molar-refractivity contribution is 6.35. The van der Waals surface area contributed by atoms with Crippen LogP contribution < -0.4 is 5.73 Å². The molecule has 6 heteroatoms. The summed E-state index contributed by atoms with van der Waals surface area (Å²) >= 11 is 18.5. The second-order valence-electron chi connectivity index (χ2n) is 4.79. The number of aromatic nitrogens is 2. The van der Waals surface area contributed by atoms with Crippen molar-refractivity contribution in [2.45, 2.75) is 13.0 Å². The summed E-state index contributed by atoms with van der Waals surface area (Å²) in [6.45, 7) is 2.00. The molecule has 0 aliphatic carbocycles. The van der Waals surface area contributed by atoms with E-state index >= 15 is 0 Å². The summed E-state index contributed by atoms with van der Waals surface area (Å²) in [5.41, 5.74) is 8.54. The van der Waals surface area contributed by atoms with Crippen LogP contribution in [0.15, 0.2) is 36.4 Å². The largest absolute Gasteiger partial charge is 0.369 e. The minimum Gasteiger partial charge on any atom is -0.369 e. The zero-order valence-corrected chi connectivity index (χ0v) is 13.4. The lowest BCUT2D eigenvalue weighted by Crippen LogP contribution is -2.10. The number of imidazole rings is 1. The molecule has 0 saturated carbocycles. The normalized spacial score (nSPS) is 12.8. The van der Waals surface area contributed by atoms with Crippen molar-refractivity contribution in [1.82, 2.24) is 9.55 Å². The molecule has 0 radical (unpaired) electrons. The van der Waals surface area contributed by atoms with Crippen LogP contribution >= 0.6 is 34.8 Å². The molecule has 0 bridgehead atoms. The molecule has 0 spiro atoms. The lowest BCUT2D eigenvalue weighted by molar-refractivity contribution is 0.668. The summed E-state index contributed by atoms with van der Waals surface area (Å²) < 4.78 is 1.88. The number of nitrogens with zero attached hydrogens (tertiary/aromatic N) is 2. The second kappa shape index (κ2) is 5.41. The summed E-state index contributed by atoms with van der Waals surface area (Å²) in [7, 11) is 0. The lowest BCUT2D eigenvalue weighted by Gasteiger charge is -2.18. The Bertz CT molecular complexity index is 826. The van der Waals surface area contributed by atoms with E-state index in [1.807, 2.05) is 35.8 Å². The van der Waals surface area contributed by atoms with Crippen LogP contribution in [0, 0.1) is 0 Å². The van der Waals surface area contributed by atoms with E-state index in [1.165, 1.54) is 0 Å². The van der Waals surface area contributed by atoms with Gasteiger partial charge in [-0.15, -0.1) is 0 Å². The molecule has 0 saturated heterocycles. The number of para-hydroxylation sites is 1. The molecule has 1 heterocycles. The summed E-state index contributed by atoms with van der Waals surface area (Å²) in [5, 5.41) is 1.79. The van der Waals surface area contributed by atoms with Crippen molar-refractivity contribution in [3.05, 3.63) is 57.0 Å². The monoisotopic (exact) mass is 339 g/mol. The Morgan fingerprint density at radius 2 is 1.86 bits per heavy atom. The van der Waals surface area contributed by atoms with Crippen LogP contribution in [0.3, 0.4) is 0 Å². The molecule has 0 aliphatic heterocycles. The first-order valence-corrected chi connectivity index (χ1v) is 7.49. The zero-order chi connectivity index (χ0) is 15.1. The van der Waals surface area contributed by atoms with Gasteiger partial charge in [0.25, 0.3) is 0 Å². The highest BCUT2D eigenvalue weighted by Crippen LogP contribution is 2.34. The molecule has 1 atom stereocenters. The van der Waals surface area contributed by atoms with Crippen LogP contribution in [0.2, 0.25) is 15.1 Å². The molecule has 108 valence electrons. The third-order valence-corrected chi connectivity index (χ3v) is 4.36. The number of benzene rings is 2. The topological polar surface area (TPSA) is 43.8 Å². The molecule has 3 rings (SSSR count). The predicted octanol–water partition coefficient (Wildman–Crippen LogP) is 5.19. The number of rotatable bonds is 2. The number of hydrogen-bond donors (Lipinski definition) is 1. The summed E-state index contributed by atoms with van der Waals surface area (Å²) in [4.78, 5) is 4.35. The maximum absolute atomic E-state index is 6.30. The standard InChI is InChI=1S/C15H12Cl3N3/c1-8(10-6-5-9(16)7-12(10)18)21-14-11(17)3-2-4-13(14)20-15(21)19/h2-8H,1H3,(H2,19,20). The number of hydrogen-bond acceptors (Lipinski definition) is 2. The molecule has 2 N–H and O–H groups in total. The van der Waals surface area contributed by atoms with E-state index in [0.717, 1.165) is 16.6 Å². The Balaban J connectivity index is 2.22. The van der Waals surface area contributed by atoms with Crippen LogP contribution in [0.5, 0.6) is 0 Å². The first-order chi connectivity index (χ1) is 9.99.